The Morgan fingerprint density at radius 1 is 1.27 bits per heavy atom. The van der Waals surface area contributed by atoms with Crippen LogP contribution in [-0.4, -0.2) is 36.8 Å². The number of benzene rings is 1. The van der Waals surface area contributed by atoms with E-state index >= 15 is 0 Å². The number of alkyl halides is 3. The van der Waals surface area contributed by atoms with Crippen LogP contribution >= 0.6 is 0 Å². The van der Waals surface area contributed by atoms with E-state index in [9.17, 15) is 18.0 Å². The highest BCUT2D eigenvalue weighted by Gasteiger charge is 2.43. The van der Waals surface area contributed by atoms with Crippen molar-refractivity contribution in [1.82, 2.24) is 10.2 Å². The maximum atomic E-state index is 12.7. The van der Waals surface area contributed by atoms with Crippen molar-refractivity contribution in [2.45, 2.75) is 31.2 Å². The summed E-state index contributed by atoms with van der Waals surface area (Å²) in [6.07, 6.45) is -2.84. The molecule has 1 N–H and O–H groups in total. The second-order valence-electron chi connectivity index (χ2n) is 6.02. The number of amides is 1. The lowest BCUT2D eigenvalue weighted by molar-refractivity contribution is -0.274. The van der Waals surface area contributed by atoms with Gasteiger partial charge in [-0.3, -0.25) is 4.79 Å². The van der Waals surface area contributed by atoms with Crippen LogP contribution in [0.4, 0.5) is 13.2 Å². The first-order valence-electron chi connectivity index (χ1n) is 7.39. The van der Waals surface area contributed by atoms with Crippen molar-refractivity contribution < 1.29 is 22.7 Å². The van der Waals surface area contributed by atoms with Crippen molar-refractivity contribution in [2.24, 2.45) is 0 Å². The van der Waals surface area contributed by atoms with Gasteiger partial charge in [-0.05, 0) is 36.0 Å². The molecule has 2 aliphatic heterocycles. The van der Waals surface area contributed by atoms with Gasteiger partial charge in [-0.2, -0.15) is 0 Å². The summed E-state index contributed by atoms with van der Waals surface area (Å²) >= 11 is 0. The molecular weight excluding hydrogens is 297 g/mol. The third-order valence-corrected chi connectivity index (χ3v) is 4.51. The summed E-state index contributed by atoms with van der Waals surface area (Å²) in [6, 6.07) is 3.10. The third kappa shape index (κ3) is 2.24. The molecule has 4 rings (SSSR count). The Labute approximate surface area is 125 Å². The molecule has 2 heterocycles. The molecule has 0 radical (unpaired) electrons. The van der Waals surface area contributed by atoms with E-state index in [1.807, 2.05) is 6.07 Å². The van der Waals surface area contributed by atoms with Crippen molar-refractivity contribution in [1.29, 1.82) is 0 Å². The van der Waals surface area contributed by atoms with Gasteiger partial charge in [0.2, 0.25) is 0 Å². The Morgan fingerprint density at radius 2 is 2.05 bits per heavy atom. The Balaban J connectivity index is 1.83. The number of ether oxygens (including phenoxy) is 1. The molecule has 0 aromatic heterocycles. The number of hydrogen-bond acceptors (Lipinski definition) is 3. The SMILES string of the molecule is O=C1c2c(OC(F)(F)F)cc(C3CC3)cc2[C@@H]2CNCCN12. The molecule has 118 valence electrons. The Bertz CT molecular complexity index is 640. The minimum Gasteiger partial charge on any atom is -0.405 e. The van der Waals surface area contributed by atoms with Crippen LogP contribution in [0.1, 0.15) is 46.3 Å². The van der Waals surface area contributed by atoms with Crippen LogP contribution in [0.25, 0.3) is 0 Å². The molecular formula is C15H15F3N2O2. The van der Waals surface area contributed by atoms with E-state index in [1.165, 1.54) is 6.07 Å². The molecule has 4 nitrogen and oxygen atoms in total. The number of halogens is 3. The fourth-order valence-corrected chi connectivity index (χ4v) is 3.38. The minimum atomic E-state index is -4.79. The zero-order valence-electron chi connectivity index (χ0n) is 11.7. The first kappa shape index (κ1) is 13.9. The summed E-state index contributed by atoms with van der Waals surface area (Å²) in [5, 5.41) is 3.19. The summed E-state index contributed by atoms with van der Waals surface area (Å²) in [5.41, 5.74) is 1.59. The lowest BCUT2D eigenvalue weighted by Gasteiger charge is -2.30. The third-order valence-electron chi connectivity index (χ3n) is 4.51. The first-order valence-corrected chi connectivity index (χ1v) is 7.39. The predicted octanol–water partition coefficient (Wildman–Crippen LogP) is 2.56. The van der Waals surface area contributed by atoms with Crippen LogP contribution in [-0.2, 0) is 0 Å². The van der Waals surface area contributed by atoms with Gasteiger partial charge in [0, 0.05) is 19.6 Å². The number of fused-ring (bicyclic) bond motifs is 3. The summed E-state index contributed by atoms with van der Waals surface area (Å²) in [5.74, 6) is -0.406. The number of rotatable bonds is 2. The van der Waals surface area contributed by atoms with Gasteiger partial charge >= 0.3 is 6.36 Å². The molecule has 1 saturated carbocycles. The van der Waals surface area contributed by atoms with E-state index in [0.29, 0.717) is 31.1 Å². The zero-order valence-corrected chi connectivity index (χ0v) is 11.7. The van der Waals surface area contributed by atoms with Crippen LogP contribution in [0.2, 0.25) is 0 Å². The van der Waals surface area contributed by atoms with Crippen LogP contribution in [0.15, 0.2) is 12.1 Å². The van der Waals surface area contributed by atoms with Gasteiger partial charge in [-0.15, -0.1) is 13.2 Å². The Kier molecular flexibility index (Phi) is 2.91. The average Bonchev–Trinajstić information content (AvgIpc) is 3.25. The zero-order chi connectivity index (χ0) is 15.5. The molecule has 7 heteroatoms. The predicted molar refractivity (Wildman–Crippen MR) is 71.7 cm³/mol. The monoisotopic (exact) mass is 312 g/mol. The highest BCUT2D eigenvalue weighted by molar-refractivity contribution is 6.02. The highest BCUT2D eigenvalue weighted by Crippen LogP contribution is 2.47. The van der Waals surface area contributed by atoms with Crippen LogP contribution in [0.5, 0.6) is 5.75 Å². The quantitative estimate of drug-likeness (QED) is 0.912. The molecule has 2 fully saturated rings. The second-order valence-corrected chi connectivity index (χ2v) is 6.02. The number of nitrogens with one attached hydrogen (secondary N) is 1. The lowest BCUT2D eigenvalue weighted by atomic mass is 9.97. The standard InChI is InChI=1S/C15H15F3N2O2/c16-15(17,18)22-12-6-9(8-1-2-8)5-10-11-7-19-3-4-20(11)14(21)13(10)12/h5-6,8,11,19H,1-4,7H2/t11-/m0/s1. The van der Waals surface area contributed by atoms with Gasteiger partial charge in [-0.1, -0.05) is 6.07 Å². The number of piperazine rings is 1. The molecule has 1 atom stereocenters. The Morgan fingerprint density at radius 3 is 2.73 bits per heavy atom. The number of carbonyl (C=O) groups excluding carboxylic acids is 1. The molecule has 1 saturated heterocycles. The van der Waals surface area contributed by atoms with Crippen molar-refractivity contribution in [3.05, 3.63) is 28.8 Å². The van der Waals surface area contributed by atoms with Gasteiger partial charge in [0.1, 0.15) is 5.75 Å². The molecule has 1 aromatic carbocycles. The number of carbonyl (C=O) groups is 1. The molecule has 1 aromatic rings. The average molecular weight is 312 g/mol. The van der Waals surface area contributed by atoms with Crippen LogP contribution in [0.3, 0.4) is 0 Å². The van der Waals surface area contributed by atoms with Gasteiger partial charge in [0.25, 0.3) is 5.91 Å². The van der Waals surface area contributed by atoms with Crippen molar-refractivity contribution >= 4 is 5.91 Å². The summed E-state index contributed by atoms with van der Waals surface area (Å²) in [4.78, 5) is 14.1. The number of nitrogens with zero attached hydrogens (tertiary/aromatic N) is 1. The van der Waals surface area contributed by atoms with E-state index in [4.69, 9.17) is 0 Å². The molecule has 0 bridgehead atoms. The van der Waals surface area contributed by atoms with E-state index in [1.54, 1.807) is 4.90 Å². The highest BCUT2D eigenvalue weighted by atomic mass is 19.4. The molecule has 1 amide bonds. The van der Waals surface area contributed by atoms with Crippen molar-refractivity contribution in [3.63, 3.8) is 0 Å². The largest absolute Gasteiger partial charge is 0.573 e. The smallest absolute Gasteiger partial charge is 0.405 e. The molecule has 0 unspecified atom stereocenters. The summed E-state index contributed by atoms with van der Waals surface area (Å²) in [6.45, 7) is 1.72. The van der Waals surface area contributed by atoms with E-state index in [-0.39, 0.29) is 23.3 Å². The molecule has 1 aliphatic carbocycles. The van der Waals surface area contributed by atoms with Crippen molar-refractivity contribution in [2.75, 3.05) is 19.6 Å². The fraction of sp³-hybridized carbons (Fsp3) is 0.533. The topological polar surface area (TPSA) is 41.6 Å². The van der Waals surface area contributed by atoms with E-state index < -0.39 is 6.36 Å². The molecule has 0 spiro atoms. The van der Waals surface area contributed by atoms with E-state index in [0.717, 1.165) is 18.4 Å². The number of hydrogen-bond donors (Lipinski definition) is 1. The summed E-state index contributed by atoms with van der Waals surface area (Å²) in [7, 11) is 0. The van der Waals surface area contributed by atoms with Crippen LogP contribution < -0.4 is 10.1 Å². The Hall–Kier alpha value is -1.76. The fourth-order valence-electron chi connectivity index (χ4n) is 3.38. The minimum absolute atomic E-state index is 0.0791. The lowest BCUT2D eigenvalue weighted by Crippen LogP contribution is -2.44. The summed E-state index contributed by atoms with van der Waals surface area (Å²) < 4.78 is 42.3. The maximum absolute atomic E-state index is 12.7. The molecule has 3 aliphatic rings. The second kappa shape index (κ2) is 4.62. The van der Waals surface area contributed by atoms with Crippen LogP contribution in [0, 0.1) is 0 Å². The van der Waals surface area contributed by atoms with Gasteiger partial charge in [0.15, 0.2) is 0 Å². The molecule has 22 heavy (non-hydrogen) atoms. The van der Waals surface area contributed by atoms with Gasteiger partial charge in [0.05, 0.1) is 11.6 Å². The first-order chi connectivity index (χ1) is 10.4. The van der Waals surface area contributed by atoms with Gasteiger partial charge in [-0.25, -0.2) is 0 Å². The van der Waals surface area contributed by atoms with E-state index in [2.05, 4.69) is 10.1 Å². The van der Waals surface area contributed by atoms with Gasteiger partial charge < -0.3 is 15.0 Å². The maximum Gasteiger partial charge on any atom is 0.573 e. The van der Waals surface area contributed by atoms with Crippen molar-refractivity contribution in [3.8, 4) is 5.75 Å². The normalized spacial score (nSPS) is 24.2.